The first-order chi connectivity index (χ1) is 3.66. The lowest BCUT2D eigenvalue weighted by atomic mass is 10.2. The summed E-state index contributed by atoms with van der Waals surface area (Å²) in [5.74, 6) is 0. The quantitative estimate of drug-likeness (QED) is 0.388. The third kappa shape index (κ3) is 4.43. The van der Waals surface area contributed by atoms with Crippen LogP contribution in [-0.2, 0) is 0 Å². The SMILES string of the molecule is CCC(O)CC(O)S. The van der Waals surface area contributed by atoms with Crippen LogP contribution in [0.5, 0.6) is 0 Å². The Morgan fingerprint density at radius 2 is 2.00 bits per heavy atom. The minimum atomic E-state index is -0.676. The van der Waals surface area contributed by atoms with Crippen LogP contribution in [0.15, 0.2) is 0 Å². The van der Waals surface area contributed by atoms with E-state index in [0.717, 1.165) is 0 Å². The van der Waals surface area contributed by atoms with Crippen LogP contribution in [0, 0.1) is 0 Å². The van der Waals surface area contributed by atoms with Gasteiger partial charge in [0, 0.05) is 6.42 Å². The van der Waals surface area contributed by atoms with Crippen molar-refractivity contribution < 1.29 is 10.2 Å². The molecule has 0 aromatic rings. The molecule has 3 heteroatoms. The first-order valence-electron chi connectivity index (χ1n) is 2.71. The maximum atomic E-state index is 8.82. The van der Waals surface area contributed by atoms with E-state index in [1.54, 1.807) is 0 Å². The number of hydrogen-bond acceptors (Lipinski definition) is 3. The van der Waals surface area contributed by atoms with Gasteiger partial charge < -0.3 is 10.2 Å². The van der Waals surface area contributed by atoms with Gasteiger partial charge >= 0.3 is 0 Å². The molecule has 2 N–H and O–H groups in total. The highest BCUT2D eigenvalue weighted by atomic mass is 32.1. The van der Waals surface area contributed by atoms with Gasteiger partial charge in [-0.1, -0.05) is 6.92 Å². The largest absolute Gasteiger partial charge is 0.393 e. The molecule has 0 aromatic carbocycles. The smallest absolute Gasteiger partial charge is 0.0989 e. The Labute approximate surface area is 54.9 Å². The summed E-state index contributed by atoms with van der Waals surface area (Å²) < 4.78 is 0. The van der Waals surface area contributed by atoms with Crippen LogP contribution in [0.2, 0.25) is 0 Å². The number of thiol groups is 1. The van der Waals surface area contributed by atoms with E-state index in [1.165, 1.54) is 0 Å². The molecule has 0 radical (unpaired) electrons. The average Bonchev–Trinajstić information content (AvgIpc) is 1.65. The summed E-state index contributed by atoms with van der Waals surface area (Å²) in [6.45, 7) is 1.86. The highest BCUT2D eigenvalue weighted by molar-refractivity contribution is 7.80. The van der Waals surface area contributed by atoms with Gasteiger partial charge in [0.15, 0.2) is 0 Å². The van der Waals surface area contributed by atoms with Gasteiger partial charge in [0.05, 0.1) is 11.5 Å². The molecule has 0 rings (SSSR count). The van der Waals surface area contributed by atoms with Crippen LogP contribution < -0.4 is 0 Å². The Bertz CT molecular complexity index is 56.4. The number of hydrogen-bond donors (Lipinski definition) is 3. The summed E-state index contributed by atoms with van der Waals surface area (Å²) in [6, 6.07) is 0. The number of rotatable bonds is 3. The van der Waals surface area contributed by atoms with E-state index in [1.807, 2.05) is 6.92 Å². The van der Waals surface area contributed by atoms with Gasteiger partial charge in [0.1, 0.15) is 0 Å². The second-order valence-electron chi connectivity index (χ2n) is 1.78. The van der Waals surface area contributed by atoms with Gasteiger partial charge in [-0.2, -0.15) is 0 Å². The molecule has 0 spiro atoms. The molecule has 0 aliphatic rings. The van der Waals surface area contributed by atoms with Crippen LogP contribution in [-0.4, -0.2) is 21.8 Å². The fourth-order valence-electron chi connectivity index (χ4n) is 0.410. The second-order valence-corrected chi connectivity index (χ2v) is 2.37. The van der Waals surface area contributed by atoms with Gasteiger partial charge in [-0.25, -0.2) is 0 Å². The fourth-order valence-corrected chi connectivity index (χ4v) is 0.653. The van der Waals surface area contributed by atoms with Crippen molar-refractivity contribution in [1.82, 2.24) is 0 Å². The minimum Gasteiger partial charge on any atom is -0.393 e. The Kier molecular flexibility index (Phi) is 4.32. The summed E-state index contributed by atoms with van der Waals surface area (Å²) in [7, 11) is 0. The van der Waals surface area contributed by atoms with E-state index in [2.05, 4.69) is 12.6 Å². The molecular weight excluding hydrogens is 124 g/mol. The third-order valence-electron chi connectivity index (χ3n) is 0.954. The molecule has 2 nitrogen and oxygen atoms in total. The molecule has 0 aromatic heterocycles. The maximum absolute atomic E-state index is 8.82. The van der Waals surface area contributed by atoms with Crippen molar-refractivity contribution in [3.05, 3.63) is 0 Å². The van der Waals surface area contributed by atoms with Crippen LogP contribution in [0.4, 0.5) is 0 Å². The predicted octanol–water partition coefficient (Wildman–Crippen LogP) is 0.396. The standard InChI is InChI=1S/C5H12O2S/c1-2-4(6)3-5(7)8/h4-8H,2-3H2,1H3. The highest BCUT2D eigenvalue weighted by Gasteiger charge is 2.03. The Hall–Kier alpha value is 0.270. The molecule has 0 aliphatic carbocycles. The van der Waals surface area contributed by atoms with E-state index >= 15 is 0 Å². The maximum Gasteiger partial charge on any atom is 0.0989 e. The molecule has 2 atom stereocenters. The molecule has 0 saturated carbocycles. The van der Waals surface area contributed by atoms with Gasteiger partial charge in [-0.3, -0.25) is 0 Å². The van der Waals surface area contributed by atoms with Crippen molar-refractivity contribution in [1.29, 1.82) is 0 Å². The molecule has 0 amide bonds. The zero-order valence-corrected chi connectivity index (χ0v) is 5.80. The molecule has 0 bridgehead atoms. The monoisotopic (exact) mass is 136 g/mol. The molecule has 8 heavy (non-hydrogen) atoms. The fraction of sp³-hybridized carbons (Fsp3) is 1.00. The number of aliphatic hydroxyl groups is 2. The van der Waals surface area contributed by atoms with Gasteiger partial charge in [-0.15, -0.1) is 12.6 Å². The van der Waals surface area contributed by atoms with Crippen molar-refractivity contribution in [3.8, 4) is 0 Å². The van der Waals surface area contributed by atoms with Crippen LogP contribution in [0.25, 0.3) is 0 Å². The highest BCUT2D eigenvalue weighted by Crippen LogP contribution is 2.03. The zero-order valence-electron chi connectivity index (χ0n) is 4.91. The van der Waals surface area contributed by atoms with Crippen molar-refractivity contribution in [2.45, 2.75) is 31.3 Å². The normalized spacial score (nSPS) is 18.0. The van der Waals surface area contributed by atoms with E-state index in [4.69, 9.17) is 10.2 Å². The Morgan fingerprint density at radius 3 is 2.12 bits per heavy atom. The summed E-state index contributed by atoms with van der Waals surface area (Å²) in [5.41, 5.74) is -0.676. The lowest BCUT2D eigenvalue weighted by Gasteiger charge is -2.07. The van der Waals surface area contributed by atoms with Crippen molar-refractivity contribution in [3.63, 3.8) is 0 Å². The van der Waals surface area contributed by atoms with E-state index in [9.17, 15) is 0 Å². The van der Waals surface area contributed by atoms with Crippen LogP contribution in [0.3, 0.4) is 0 Å². The summed E-state index contributed by atoms with van der Waals surface area (Å²) in [6.07, 6.45) is 0.638. The molecule has 0 heterocycles. The van der Waals surface area contributed by atoms with Gasteiger partial charge in [0.25, 0.3) is 0 Å². The van der Waals surface area contributed by atoms with Gasteiger partial charge in [-0.05, 0) is 6.42 Å². The average molecular weight is 136 g/mol. The topological polar surface area (TPSA) is 40.5 Å². The van der Waals surface area contributed by atoms with E-state index in [0.29, 0.717) is 12.8 Å². The second kappa shape index (κ2) is 4.18. The molecule has 50 valence electrons. The van der Waals surface area contributed by atoms with Gasteiger partial charge in [0.2, 0.25) is 0 Å². The Morgan fingerprint density at radius 1 is 1.50 bits per heavy atom. The van der Waals surface area contributed by atoms with Crippen molar-refractivity contribution in [2.75, 3.05) is 0 Å². The molecule has 0 saturated heterocycles. The molecular formula is C5H12O2S. The molecule has 2 unspecified atom stereocenters. The summed E-state index contributed by atoms with van der Waals surface area (Å²) in [4.78, 5) is 0. The first kappa shape index (κ1) is 8.27. The van der Waals surface area contributed by atoms with E-state index < -0.39 is 11.5 Å². The summed E-state index contributed by atoms with van der Waals surface area (Å²) >= 11 is 3.69. The summed E-state index contributed by atoms with van der Waals surface area (Å²) in [5, 5.41) is 17.4. The molecule has 0 fully saturated rings. The van der Waals surface area contributed by atoms with Crippen molar-refractivity contribution >= 4 is 12.6 Å². The minimum absolute atomic E-state index is 0.361. The Balaban J connectivity index is 3.10. The number of aliphatic hydroxyl groups excluding tert-OH is 2. The lowest BCUT2D eigenvalue weighted by molar-refractivity contribution is 0.118. The third-order valence-corrected chi connectivity index (χ3v) is 1.16. The first-order valence-corrected chi connectivity index (χ1v) is 3.22. The van der Waals surface area contributed by atoms with Crippen molar-refractivity contribution in [2.24, 2.45) is 0 Å². The van der Waals surface area contributed by atoms with Crippen LogP contribution in [0.1, 0.15) is 19.8 Å². The zero-order chi connectivity index (χ0) is 6.57. The van der Waals surface area contributed by atoms with E-state index in [-0.39, 0.29) is 0 Å². The van der Waals surface area contributed by atoms with Crippen LogP contribution >= 0.6 is 12.6 Å². The molecule has 0 aliphatic heterocycles. The lowest BCUT2D eigenvalue weighted by Crippen LogP contribution is -2.11. The predicted molar refractivity (Wildman–Crippen MR) is 35.9 cm³/mol.